The molecule has 0 bridgehead atoms. The summed E-state index contributed by atoms with van der Waals surface area (Å²) in [5.74, 6) is 0. The molecule has 0 amide bonds. The van der Waals surface area contributed by atoms with Crippen molar-refractivity contribution in [2.45, 2.75) is 46.2 Å². The molecule has 1 atom stereocenters. The van der Waals surface area contributed by atoms with Crippen LogP contribution >= 0.6 is 0 Å². The summed E-state index contributed by atoms with van der Waals surface area (Å²) < 4.78 is 2.01. The largest absolute Gasteiger partial charge is 0.310 e. The number of nitrogens with zero attached hydrogens (tertiary/aromatic N) is 2. The Kier molecular flexibility index (Phi) is 3.62. The second kappa shape index (κ2) is 5.41. The van der Waals surface area contributed by atoms with Crippen LogP contribution in [0.2, 0.25) is 0 Å². The van der Waals surface area contributed by atoms with Gasteiger partial charge in [-0.15, -0.1) is 0 Å². The highest BCUT2D eigenvalue weighted by Gasteiger charge is 2.22. The Balaban J connectivity index is 1.95. The molecule has 0 spiro atoms. The van der Waals surface area contributed by atoms with E-state index >= 15 is 0 Å². The lowest BCUT2D eigenvalue weighted by Crippen LogP contribution is -2.18. The molecule has 1 aromatic heterocycles. The van der Waals surface area contributed by atoms with E-state index in [1.165, 1.54) is 35.1 Å². The first kappa shape index (κ1) is 13.4. The fourth-order valence-corrected chi connectivity index (χ4v) is 3.21. The molecule has 106 valence electrons. The molecule has 1 unspecified atom stereocenters. The summed E-state index contributed by atoms with van der Waals surface area (Å²) in [6, 6.07) is 7.45. The van der Waals surface area contributed by atoms with E-state index in [1.807, 2.05) is 4.68 Å². The van der Waals surface area contributed by atoms with Crippen LogP contribution in [0.25, 0.3) is 11.1 Å². The third-order valence-corrected chi connectivity index (χ3v) is 4.25. The normalized spacial score (nSPS) is 17.4. The SMILES string of the molecule is CCNC1CCc2cc(-c3cn(CC)nc3C)ccc21. The summed E-state index contributed by atoms with van der Waals surface area (Å²) in [6.07, 6.45) is 4.56. The van der Waals surface area contributed by atoms with Gasteiger partial charge in [0.05, 0.1) is 5.69 Å². The van der Waals surface area contributed by atoms with E-state index in [2.05, 4.69) is 55.6 Å². The van der Waals surface area contributed by atoms with Gasteiger partial charge in [0.15, 0.2) is 0 Å². The highest BCUT2D eigenvalue weighted by molar-refractivity contribution is 5.67. The summed E-state index contributed by atoms with van der Waals surface area (Å²) in [6.45, 7) is 8.35. The number of hydrogen-bond acceptors (Lipinski definition) is 2. The van der Waals surface area contributed by atoms with Crippen LogP contribution in [0.15, 0.2) is 24.4 Å². The fraction of sp³-hybridized carbons (Fsp3) is 0.471. The molecular weight excluding hydrogens is 246 g/mol. The molecule has 0 saturated carbocycles. The molecule has 2 aromatic rings. The molecule has 3 rings (SSSR count). The maximum atomic E-state index is 4.55. The number of aromatic nitrogens is 2. The van der Waals surface area contributed by atoms with Gasteiger partial charge in [0.25, 0.3) is 0 Å². The topological polar surface area (TPSA) is 29.9 Å². The number of fused-ring (bicyclic) bond motifs is 1. The first-order chi connectivity index (χ1) is 9.72. The monoisotopic (exact) mass is 269 g/mol. The van der Waals surface area contributed by atoms with Crippen LogP contribution < -0.4 is 5.32 Å². The maximum absolute atomic E-state index is 4.55. The number of aryl methyl sites for hydroxylation is 3. The van der Waals surface area contributed by atoms with Gasteiger partial charge in [0, 0.05) is 24.3 Å². The minimum Gasteiger partial charge on any atom is -0.310 e. The van der Waals surface area contributed by atoms with Gasteiger partial charge in [0.1, 0.15) is 0 Å². The maximum Gasteiger partial charge on any atom is 0.0672 e. The van der Waals surface area contributed by atoms with Crippen LogP contribution in [0.3, 0.4) is 0 Å². The predicted octanol–water partition coefficient (Wildman–Crippen LogP) is 3.48. The van der Waals surface area contributed by atoms with Crippen molar-refractivity contribution >= 4 is 0 Å². The molecular formula is C17H23N3. The van der Waals surface area contributed by atoms with Crippen LogP contribution in [0.5, 0.6) is 0 Å². The molecule has 3 nitrogen and oxygen atoms in total. The lowest BCUT2D eigenvalue weighted by molar-refractivity contribution is 0.549. The van der Waals surface area contributed by atoms with Crippen LogP contribution in [-0.4, -0.2) is 16.3 Å². The molecule has 0 saturated heterocycles. The van der Waals surface area contributed by atoms with Crippen LogP contribution in [-0.2, 0) is 13.0 Å². The van der Waals surface area contributed by atoms with Gasteiger partial charge in [0.2, 0.25) is 0 Å². The fourth-order valence-electron chi connectivity index (χ4n) is 3.21. The Labute approximate surface area is 121 Å². The Morgan fingerprint density at radius 1 is 1.35 bits per heavy atom. The second-order valence-corrected chi connectivity index (χ2v) is 5.55. The van der Waals surface area contributed by atoms with Gasteiger partial charge in [-0.3, -0.25) is 4.68 Å². The van der Waals surface area contributed by atoms with E-state index in [4.69, 9.17) is 0 Å². The lowest BCUT2D eigenvalue weighted by atomic mass is 10.0. The van der Waals surface area contributed by atoms with Gasteiger partial charge in [-0.2, -0.15) is 5.10 Å². The van der Waals surface area contributed by atoms with Crippen molar-refractivity contribution in [3.05, 3.63) is 41.2 Å². The van der Waals surface area contributed by atoms with E-state index in [0.29, 0.717) is 6.04 Å². The molecule has 1 aliphatic carbocycles. The summed E-state index contributed by atoms with van der Waals surface area (Å²) >= 11 is 0. The Hall–Kier alpha value is -1.61. The van der Waals surface area contributed by atoms with E-state index < -0.39 is 0 Å². The molecule has 0 fully saturated rings. The van der Waals surface area contributed by atoms with Gasteiger partial charge in [-0.1, -0.05) is 25.1 Å². The van der Waals surface area contributed by atoms with E-state index in [0.717, 1.165) is 18.8 Å². The zero-order valence-electron chi connectivity index (χ0n) is 12.6. The minimum absolute atomic E-state index is 0.545. The summed E-state index contributed by atoms with van der Waals surface area (Å²) in [4.78, 5) is 0. The molecule has 1 heterocycles. The zero-order valence-corrected chi connectivity index (χ0v) is 12.6. The molecule has 20 heavy (non-hydrogen) atoms. The molecule has 1 N–H and O–H groups in total. The van der Waals surface area contributed by atoms with Crippen LogP contribution in [0.4, 0.5) is 0 Å². The van der Waals surface area contributed by atoms with Crippen molar-refractivity contribution < 1.29 is 0 Å². The second-order valence-electron chi connectivity index (χ2n) is 5.55. The van der Waals surface area contributed by atoms with Gasteiger partial charge in [-0.05, 0) is 49.9 Å². The summed E-state index contributed by atoms with van der Waals surface area (Å²) in [7, 11) is 0. The number of nitrogens with one attached hydrogen (secondary N) is 1. The predicted molar refractivity (Wildman–Crippen MR) is 82.8 cm³/mol. The highest BCUT2D eigenvalue weighted by Crippen LogP contribution is 2.34. The molecule has 0 aliphatic heterocycles. The third kappa shape index (κ3) is 2.27. The number of benzene rings is 1. The van der Waals surface area contributed by atoms with Crippen LogP contribution in [0.1, 0.15) is 43.1 Å². The van der Waals surface area contributed by atoms with Gasteiger partial charge in [-0.25, -0.2) is 0 Å². The van der Waals surface area contributed by atoms with Crippen molar-refractivity contribution in [1.29, 1.82) is 0 Å². The number of rotatable bonds is 4. The van der Waals surface area contributed by atoms with Crippen LogP contribution in [0, 0.1) is 6.92 Å². The Morgan fingerprint density at radius 3 is 2.90 bits per heavy atom. The average molecular weight is 269 g/mol. The molecule has 0 radical (unpaired) electrons. The summed E-state index contributed by atoms with van der Waals surface area (Å²) in [5.41, 5.74) is 6.67. The first-order valence-electron chi connectivity index (χ1n) is 7.63. The van der Waals surface area contributed by atoms with Crippen molar-refractivity contribution in [3.8, 4) is 11.1 Å². The highest BCUT2D eigenvalue weighted by atomic mass is 15.3. The summed E-state index contributed by atoms with van der Waals surface area (Å²) in [5, 5.41) is 8.12. The van der Waals surface area contributed by atoms with Crippen molar-refractivity contribution in [2.75, 3.05) is 6.54 Å². The van der Waals surface area contributed by atoms with Crippen molar-refractivity contribution in [1.82, 2.24) is 15.1 Å². The first-order valence-corrected chi connectivity index (χ1v) is 7.63. The van der Waals surface area contributed by atoms with E-state index in [1.54, 1.807) is 0 Å². The third-order valence-electron chi connectivity index (χ3n) is 4.25. The average Bonchev–Trinajstić information content (AvgIpc) is 3.03. The zero-order chi connectivity index (χ0) is 14.1. The van der Waals surface area contributed by atoms with E-state index in [9.17, 15) is 0 Å². The quantitative estimate of drug-likeness (QED) is 0.921. The smallest absolute Gasteiger partial charge is 0.0672 e. The van der Waals surface area contributed by atoms with Crippen molar-refractivity contribution in [3.63, 3.8) is 0 Å². The molecule has 3 heteroatoms. The van der Waals surface area contributed by atoms with Crippen molar-refractivity contribution in [2.24, 2.45) is 0 Å². The molecule has 1 aromatic carbocycles. The Morgan fingerprint density at radius 2 is 2.20 bits per heavy atom. The Bertz CT molecular complexity index is 613. The van der Waals surface area contributed by atoms with Gasteiger partial charge >= 0.3 is 0 Å². The lowest BCUT2D eigenvalue weighted by Gasteiger charge is -2.12. The molecule has 1 aliphatic rings. The van der Waals surface area contributed by atoms with E-state index in [-0.39, 0.29) is 0 Å². The number of hydrogen-bond donors (Lipinski definition) is 1. The standard InChI is InChI=1S/C17H23N3/c1-4-18-17-9-7-13-10-14(6-8-15(13)17)16-11-20(5-2)19-12(16)3/h6,8,10-11,17-18H,4-5,7,9H2,1-3H3. The van der Waals surface area contributed by atoms with Gasteiger partial charge < -0.3 is 5.32 Å². The minimum atomic E-state index is 0.545.